The quantitative estimate of drug-likeness (QED) is 0.360. The lowest BCUT2D eigenvalue weighted by atomic mass is 10.2. The van der Waals surface area contributed by atoms with E-state index in [1.54, 1.807) is 6.08 Å². The molecule has 0 aliphatic heterocycles. The van der Waals surface area contributed by atoms with Crippen LogP contribution in [0.3, 0.4) is 0 Å². The van der Waals surface area contributed by atoms with Crippen LogP contribution in [0.15, 0.2) is 104 Å². The van der Waals surface area contributed by atoms with Crippen LogP contribution >= 0.6 is 0 Å². The number of alkyl carbamates (subject to hydrolysis) is 1. The highest BCUT2D eigenvalue weighted by atomic mass is 28.4. The zero-order valence-corrected chi connectivity index (χ0v) is 20.7. The summed E-state index contributed by atoms with van der Waals surface area (Å²) in [6.45, 7) is 11.1. The van der Waals surface area contributed by atoms with Crippen LogP contribution in [0.2, 0.25) is 5.04 Å². The summed E-state index contributed by atoms with van der Waals surface area (Å²) in [5.41, 5.74) is 0.936. The number of carbonyl (C=O) groups excluding carboxylic acids is 1. The normalized spacial score (nSPS) is 12.6. The van der Waals surface area contributed by atoms with E-state index in [0.717, 1.165) is 5.56 Å². The molecule has 1 atom stereocenters. The van der Waals surface area contributed by atoms with Crippen molar-refractivity contribution >= 4 is 24.8 Å². The third-order valence-corrected chi connectivity index (χ3v) is 10.7. The van der Waals surface area contributed by atoms with Gasteiger partial charge in [0.1, 0.15) is 6.61 Å². The van der Waals surface area contributed by atoms with Crippen molar-refractivity contribution in [2.75, 3.05) is 6.61 Å². The molecule has 0 aromatic heterocycles. The van der Waals surface area contributed by atoms with Crippen LogP contribution in [-0.2, 0) is 15.8 Å². The van der Waals surface area contributed by atoms with Gasteiger partial charge in [-0.1, -0.05) is 118 Å². The van der Waals surface area contributed by atoms with Crippen molar-refractivity contribution in [2.45, 2.75) is 38.5 Å². The number of nitrogens with one attached hydrogen (secondary N) is 1. The first-order chi connectivity index (χ1) is 15.9. The molecule has 5 heteroatoms. The molecule has 0 aliphatic rings. The SMILES string of the molecule is C=C[C@H](CO[Si](c1ccccc1)(c1ccccc1)C(C)(C)C)NC(=O)OCc1ccccc1. The molecule has 0 bridgehead atoms. The zero-order chi connectivity index (χ0) is 23.7. The van der Waals surface area contributed by atoms with E-state index < -0.39 is 14.4 Å². The molecule has 0 saturated carbocycles. The van der Waals surface area contributed by atoms with Gasteiger partial charge >= 0.3 is 6.09 Å². The Morgan fingerprint density at radius 3 is 1.85 bits per heavy atom. The van der Waals surface area contributed by atoms with E-state index in [0.29, 0.717) is 6.61 Å². The van der Waals surface area contributed by atoms with Gasteiger partial charge in [0.05, 0.1) is 12.6 Å². The molecular weight excluding hydrogens is 426 g/mol. The van der Waals surface area contributed by atoms with Gasteiger partial charge in [0, 0.05) is 0 Å². The molecule has 4 nitrogen and oxygen atoms in total. The second-order valence-electron chi connectivity index (χ2n) is 9.02. The summed E-state index contributed by atoms with van der Waals surface area (Å²) >= 11 is 0. The molecule has 0 saturated heterocycles. The van der Waals surface area contributed by atoms with Crippen molar-refractivity contribution < 1.29 is 14.0 Å². The molecule has 0 unspecified atom stereocenters. The number of ether oxygens (including phenoxy) is 1. The van der Waals surface area contributed by atoms with Crippen LogP contribution in [0.5, 0.6) is 0 Å². The lowest BCUT2D eigenvalue weighted by Gasteiger charge is -2.43. The first-order valence-corrected chi connectivity index (χ1v) is 13.1. The summed E-state index contributed by atoms with van der Waals surface area (Å²) in [5, 5.41) is 5.12. The predicted octanol–water partition coefficient (Wildman–Crippen LogP) is 5.04. The molecule has 33 heavy (non-hydrogen) atoms. The lowest BCUT2D eigenvalue weighted by Crippen LogP contribution is -2.67. The van der Waals surface area contributed by atoms with Crippen LogP contribution < -0.4 is 15.7 Å². The fourth-order valence-corrected chi connectivity index (χ4v) is 8.65. The van der Waals surface area contributed by atoms with Gasteiger partial charge in [-0.05, 0) is 21.0 Å². The van der Waals surface area contributed by atoms with Gasteiger partial charge in [0.25, 0.3) is 8.32 Å². The maximum atomic E-state index is 12.4. The van der Waals surface area contributed by atoms with Gasteiger partial charge in [0.15, 0.2) is 0 Å². The molecule has 0 spiro atoms. The number of hydrogen-bond donors (Lipinski definition) is 1. The maximum Gasteiger partial charge on any atom is 0.408 e. The molecule has 3 rings (SSSR count). The summed E-state index contributed by atoms with van der Waals surface area (Å²) < 4.78 is 12.3. The molecule has 1 amide bonds. The van der Waals surface area contributed by atoms with Crippen LogP contribution in [0.25, 0.3) is 0 Å². The highest BCUT2D eigenvalue weighted by Crippen LogP contribution is 2.36. The Balaban J connectivity index is 1.79. The van der Waals surface area contributed by atoms with Crippen molar-refractivity contribution in [1.29, 1.82) is 0 Å². The largest absolute Gasteiger partial charge is 0.445 e. The summed E-state index contributed by atoms with van der Waals surface area (Å²) in [6.07, 6.45) is 1.21. The van der Waals surface area contributed by atoms with E-state index in [4.69, 9.17) is 9.16 Å². The van der Waals surface area contributed by atoms with E-state index >= 15 is 0 Å². The minimum Gasteiger partial charge on any atom is -0.445 e. The molecule has 0 aliphatic carbocycles. The number of benzene rings is 3. The summed E-state index contributed by atoms with van der Waals surface area (Å²) in [5.74, 6) is 0. The van der Waals surface area contributed by atoms with Gasteiger partial charge in [0.2, 0.25) is 0 Å². The third kappa shape index (κ3) is 6.00. The van der Waals surface area contributed by atoms with Crippen molar-refractivity contribution in [3.8, 4) is 0 Å². The second-order valence-corrected chi connectivity index (χ2v) is 13.3. The number of carbonyl (C=O) groups is 1. The molecule has 3 aromatic rings. The van der Waals surface area contributed by atoms with Crippen LogP contribution in [-0.4, -0.2) is 27.1 Å². The van der Waals surface area contributed by atoms with Gasteiger partial charge < -0.3 is 14.5 Å². The fourth-order valence-electron chi connectivity index (χ4n) is 4.06. The standard InChI is InChI=1S/C28H33NO3Si/c1-5-24(29-27(30)31-21-23-15-9-6-10-16-23)22-32-33(28(2,3)4,25-17-11-7-12-18-25)26-19-13-8-14-20-26/h5-20,24H,1,21-22H2,2-4H3,(H,29,30)/t24-/m1/s1. The first-order valence-electron chi connectivity index (χ1n) is 11.2. The van der Waals surface area contributed by atoms with Gasteiger partial charge in [-0.15, -0.1) is 6.58 Å². The summed E-state index contributed by atoms with van der Waals surface area (Å²) in [6, 6.07) is 30.1. The Morgan fingerprint density at radius 2 is 1.39 bits per heavy atom. The van der Waals surface area contributed by atoms with Crippen molar-refractivity contribution in [3.05, 3.63) is 109 Å². The van der Waals surface area contributed by atoms with E-state index in [-0.39, 0.29) is 17.7 Å². The van der Waals surface area contributed by atoms with Gasteiger partial charge in [-0.2, -0.15) is 0 Å². The fraction of sp³-hybridized carbons (Fsp3) is 0.250. The minimum atomic E-state index is -2.69. The Kier molecular flexibility index (Phi) is 8.25. The van der Waals surface area contributed by atoms with Crippen LogP contribution in [0, 0.1) is 0 Å². The highest BCUT2D eigenvalue weighted by Gasteiger charge is 2.50. The zero-order valence-electron chi connectivity index (χ0n) is 19.7. The average molecular weight is 460 g/mol. The first kappa shape index (κ1) is 24.5. The smallest absolute Gasteiger partial charge is 0.408 e. The Labute approximate surface area is 198 Å². The van der Waals surface area contributed by atoms with E-state index in [2.05, 4.69) is 81.2 Å². The Morgan fingerprint density at radius 1 is 0.909 bits per heavy atom. The molecule has 1 N–H and O–H groups in total. The molecule has 172 valence electrons. The topological polar surface area (TPSA) is 47.6 Å². The minimum absolute atomic E-state index is 0.144. The predicted molar refractivity (Wildman–Crippen MR) is 137 cm³/mol. The maximum absolute atomic E-state index is 12.4. The van der Waals surface area contributed by atoms with E-state index in [9.17, 15) is 4.79 Å². The van der Waals surface area contributed by atoms with Crippen LogP contribution in [0.1, 0.15) is 26.3 Å². The third-order valence-electron chi connectivity index (χ3n) is 5.70. The Bertz CT molecular complexity index is 978. The number of hydrogen-bond acceptors (Lipinski definition) is 3. The second kappa shape index (κ2) is 11.1. The molecular formula is C28H33NO3Si. The van der Waals surface area contributed by atoms with E-state index in [1.165, 1.54) is 10.4 Å². The van der Waals surface area contributed by atoms with E-state index in [1.807, 2.05) is 42.5 Å². The number of rotatable bonds is 9. The number of amides is 1. The highest BCUT2D eigenvalue weighted by molar-refractivity contribution is 6.99. The van der Waals surface area contributed by atoms with Gasteiger partial charge in [-0.3, -0.25) is 0 Å². The average Bonchev–Trinajstić information content (AvgIpc) is 2.83. The molecule has 0 heterocycles. The molecule has 0 fully saturated rings. The van der Waals surface area contributed by atoms with Crippen molar-refractivity contribution in [2.24, 2.45) is 0 Å². The Hall–Kier alpha value is -3.15. The van der Waals surface area contributed by atoms with Crippen LogP contribution in [0.4, 0.5) is 4.79 Å². The summed E-state index contributed by atoms with van der Waals surface area (Å²) in [7, 11) is -2.69. The van der Waals surface area contributed by atoms with Crippen molar-refractivity contribution in [3.63, 3.8) is 0 Å². The van der Waals surface area contributed by atoms with Gasteiger partial charge in [-0.25, -0.2) is 4.79 Å². The summed E-state index contributed by atoms with van der Waals surface area (Å²) in [4.78, 5) is 12.4. The monoisotopic (exact) mass is 459 g/mol. The van der Waals surface area contributed by atoms with Crippen molar-refractivity contribution in [1.82, 2.24) is 5.32 Å². The lowest BCUT2D eigenvalue weighted by molar-refractivity contribution is 0.133. The molecule has 0 radical (unpaired) electrons. The molecule has 3 aromatic carbocycles.